The first-order valence-corrected chi connectivity index (χ1v) is 7.03. The molecule has 0 radical (unpaired) electrons. The molecule has 1 aromatic rings. The van der Waals surface area contributed by atoms with Crippen molar-refractivity contribution in [1.29, 1.82) is 0 Å². The SMILES string of the molecule is O=C(O)c1ncsc1S(=O)(=O)NCC1CC1. The fourth-order valence-electron chi connectivity index (χ4n) is 1.18. The van der Waals surface area contributed by atoms with Crippen LogP contribution in [0.25, 0.3) is 0 Å². The Morgan fingerprint density at radius 1 is 1.62 bits per heavy atom. The van der Waals surface area contributed by atoms with E-state index in [1.807, 2.05) is 0 Å². The highest BCUT2D eigenvalue weighted by atomic mass is 32.2. The fourth-order valence-corrected chi connectivity index (χ4v) is 3.48. The smallest absolute Gasteiger partial charge is 0.356 e. The minimum absolute atomic E-state index is 0.222. The van der Waals surface area contributed by atoms with Gasteiger partial charge in [-0.2, -0.15) is 0 Å². The number of thiazole rings is 1. The third-order valence-electron chi connectivity index (χ3n) is 2.24. The molecular weight excluding hydrogens is 252 g/mol. The van der Waals surface area contributed by atoms with E-state index in [1.165, 1.54) is 5.51 Å². The molecule has 1 heterocycles. The predicted octanol–water partition coefficient (Wildman–Crippen LogP) is 0.530. The molecule has 0 bridgehead atoms. The van der Waals surface area contributed by atoms with Crippen LogP contribution >= 0.6 is 11.3 Å². The molecule has 8 heteroatoms. The Balaban J connectivity index is 2.20. The van der Waals surface area contributed by atoms with Crippen molar-refractivity contribution in [3.63, 3.8) is 0 Å². The molecule has 88 valence electrons. The minimum Gasteiger partial charge on any atom is -0.476 e. The third kappa shape index (κ3) is 2.39. The van der Waals surface area contributed by atoms with Gasteiger partial charge in [0.1, 0.15) is 0 Å². The van der Waals surface area contributed by atoms with Crippen LogP contribution in [0, 0.1) is 5.92 Å². The summed E-state index contributed by atoms with van der Waals surface area (Å²) < 4.78 is 25.7. The molecular formula is C8H10N2O4S2. The van der Waals surface area contributed by atoms with Crippen LogP contribution in [-0.2, 0) is 10.0 Å². The standard InChI is InChI=1S/C8H10N2O4S2/c11-7(12)6-8(15-4-9-6)16(13,14)10-3-5-1-2-5/h4-5,10H,1-3H2,(H,11,12). The van der Waals surface area contributed by atoms with Crippen LogP contribution in [0.5, 0.6) is 0 Å². The van der Waals surface area contributed by atoms with Crippen LogP contribution in [0.15, 0.2) is 9.72 Å². The summed E-state index contributed by atoms with van der Waals surface area (Å²) in [5.74, 6) is -0.927. The van der Waals surface area contributed by atoms with Crippen molar-refractivity contribution in [2.24, 2.45) is 5.92 Å². The van der Waals surface area contributed by atoms with E-state index in [0.29, 0.717) is 12.5 Å². The number of sulfonamides is 1. The zero-order valence-electron chi connectivity index (χ0n) is 8.21. The Morgan fingerprint density at radius 3 is 2.88 bits per heavy atom. The van der Waals surface area contributed by atoms with Gasteiger partial charge in [0.15, 0.2) is 9.90 Å². The summed E-state index contributed by atoms with van der Waals surface area (Å²) >= 11 is 0.814. The van der Waals surface area contributed by atoms with Gasteiger partial charge >= 0.3 is 5.97 Å². The molecule has 0 aliphatic heterocycles. The number of carboxylic acid groups (broad SMARTS) is 1. The van der Waals surface area contributed by atoms with E-state index in [0.717, 1.165) is 24.2 Å². The van der Waals surface area contributed by atoms with Crippen molar-refractivity contribution >= 4 is 27.3 Å². The first-order valence-electron chi connectivity index (χ1n) is 4.67. The van der Waals surface area contributed by atoms with Crippen molar-refractivity contribution in [3.05, 3.63) is 11.2 Å². The Labute approximate surface area is 96.4 Å². The lowest BCUT2D eigenvalue weighted by atomic mass is 10.4. The number of hydrogen-bond donors (Lipinski definition) is 2. The van der Waals surface area contributed by atoms with Crippen molar-refractivity contribution in [2.75, 3.05) is 6.54 Å². The number of carboxylic acids is 1. The summed E-state index contributed by atoms with van der Waals surface area (Å²) in [6.45, 7) is 0.374. The van der Waals surface area contributed by atoms with E-state index >= 15 is 0 Å². The van der Waals surface area contributed by atoms with Crippen molar-refractivity contribution < 1.29 is 18.3 Å². The summed E-state index contributed by atoms with van der Waals surface area (Å²) in [7, 11) is -3.72. The molecule has 2 rings (SSSR count). The average Bonchev–Trinajstić information content (AvgIpc) is 2.88. The highest BCUT2D eigenvalue weighted by molar-refractivity contribution is 7.91. The topological polar surface area (TPSA) is 96.4 Å². The van der Waals surface area contributed by atoms with Crippen molar-refractivity contribution in [2.45, 2.75) is 17.1 Å². The summed E-state index contributed by atoms with van der Waals surface area (Å²) in [6.07, 6.45) is 2.05. The van der Waals surface area contributed by atoms with E-state index in [1.54, 1.807) is 0 Å². The molecule has 6 nitrogen and oxygen atoms in total. The van der Waals surface area contributed by atoms with Crippen LogP contribution in [0.4, 0.5) is 0 Å². The first kappa shape index (κ1) is 11.5. The van der Waals surface area contributed by atoms with E-state index in [4.69, 9.17) is 5.11 Å². The summed E-state index contributed by atoms with van der Waals surface area (Å²) in [5, 5.41) is 8.76. The molecule has 0 aromatic carbocycles. The monoisotopic (exact) mass is 262 g/mol. The summed E-state index contributed by atoms with van der Waals surface area (Å²) in [6, 6.07) is 0. The normalized spacial score (nSPS) is 16.2. The van der Waals surface area contributed by atoms with Gasteiger partial charge in [-0.05, 0) is 18.8 Å². The highest BCUT2D eigenvalue weighted by Gasteiger charge is 2.28. The number of nitrogens with zero attached hydrogens (tertiary/aromatic N) is 1. The zero-order chi connectivity index (χ0) is 11.8. The molecule has 0 spiro atoms. The maximum Gasteiger partial charge on any atom is 0.356 e. The Bertz CT molecular complexity index is 504. The zero-order valence-corrected chi connectivity index (χ0v) is 9.84. The van der Waals surface area contributed by atoms with E-state index in [2.05, 4.69) is 9.71 Å². The lowest BCUT2D eigenvalue weighted by Gasteiger charge is -2.03. The second-order valence-electron chi connectivity index (χ2n) is 3.59. The van der Waals surface area contributed by atoms with E-state index < -0.39 is 21.7 Å². The van der Waals surface area contributed by atoms with Gasteiger partial charge in [0.25, 0.3) is 10.0 Å². The van der Waals surface area contributed by atoms with Crippen molar-refractivity contribution in [3.8, 4) is 0 Å². The van der Waals surface area contributed by atoms with Gasteiger partial charge in [-0.25, -0.2) is 22.9 Å². The number of aromatic carboxylic acids is 1. The van der Waals surface area contributed by atoms with Gasteiger partial charge in [0.2, 0.25) is 0 Å². The van der Waals surface area contributed by atoms with E-state index in [-0.39, 0.29) is 4.21 Å². The Hall–Kier alpha value is -0.990. The van der Waals surface area contributed by atoms with Crippen LogP contribution in [-0.4, -0.2) is 31.0 Å². The number of rotatable bonds is 5. The number of nitrogens with one attached hydrogen (secondary N) is 1. The van der Waals surface area contributed by atoms with Gasteiger partial charge in [-0.15, -0.1) is 11.3 Å². The third-order valence-corrected chi connectivity index (χ3v) is 5.03. The Morgan fingerprint density at radius 2 is 2.31 bits per heavy atom. The molecule has 2 N–H and O–H groups in total. The molecule has 1 aliphatic carbocycles. The van der Waals surface area contributed by atoms with Gasteiger partial charge < -0.3 is 5.11 Å². The molecule has 0 amide bonds. The van der Waals surface area contributed by atoms with Gasteiger partial charge in [0, 0.05) is 6.54 Å². The van der Waals surface area contributed by atoms with E-state index in [9.17, 15) is 13.2 Å². The lowest BCUT2D eigenvalue weighted by Crippen LogP contribution is -2.26. The molecule has 0 unspecified atom stereocenters. The quantitative estimate of drug-likeness (QED) is 0.806. The predicted molar refractivity (Wildman–Crippen MR) is 57.0 cm³/mol. The molecule has 0 saturated heterocycles. The molecule has 0 atom stereocenters. The summed E-state index contributed by atoms with van der Waals surface area (Å²) in [4.78, 5) is 14.3. The largest absolute Gasteiger partial charge is 0.476 e. The molecule has 1 fully saturated rings. The molecule has 16 heavy (non-hydrogen) atoms. The number of carbonyl (C=O) groups is 1. The van der Waals surface area contributed by atoms with Gasteiger partial charge in [0.05, 0.1) is 5.51 Å². The maximum atomic E-state index is 11.7. The van der Waals surface area contributed by atoms with Gasteiger partial charge in [-0.1, -0.05) is 0 Å². The minimum atomic E-state index is -3.72. The van der Waals surface area contributed by atoms with Crippen LogP contribution in [0.1, 0.15) is 23.3 Å². The van der Waals surface area contributed by atoms with Crippen LogP contribution < -0.4 is 4.72 Å². The van der Waals surface area contributed by atoms with Crippen LogP contribution in [0.2, 0.25) is 0 Å². The molecule has 1 aliphatic rings. The van der Waals surface area contributed by atoms with Crippen molar-refractivity contribution in [1.82, 2.24) is 9.71 Å². The lowest BCUT2D eigenvalue weighted by molar-refractivity contribution is 0.0687. The second-order valence-corrected chi connectivity index (χ2v) is 6.41. The van der Waals surface area contributed by atoms with Crippen LogP contribution in [0.3, 0.4) is 0 Å². The molecule has 1 saturated carbocycles. The maximum absolute atomic E-state index is 11.7. The molecule has 1 aromatic heterocycles. The number of hydrogen-bond acceptors (Lipinski definition) is 5. The Kier molecular flexibility index (Phi) is 2.96. The second kappa shape index (κ2) is 4.11. The average molecular weight is 262 g/mol. The number of aromatic nitrogens is 1. The highest BCUT2D eigenvalue weighted by Crippen LogP contribution is 2.28. The summed E-state index contributed by atoms with van der Waals surface area (Å²) in [5.41, 5.74) is 0.808. The first-order chi connectivity index (χ1) is 7.50. The fraction of sp³-hybridized carbons (Fsp3) is 0.500. The van der Waals surface area contributed by atoms with Gasteiger partial charge in [-0.3, -0.25) is 0 Å².